The Balaban J connectivity index is 1.19. The summed E-state index contributed by atoms with van der Waals surface area (Å²) < 4.78 is 22.5. The van der Waals surface area contributed by atoms with E-state index in [0.29, 0.717) is 37.1 Å². The second kappa shape index (κ2) is 7.51. The lowest BCUT2D eigenvalue weighted by Crippen LogP contribution is -2.53. The first kappa shape index (κ1) is 21.8. The standard InChI is InChI=1S/C27H33FN6O/c1-15-16(2)31-25-23(30-15)22(18-9-27(10-18)13-26(3,28)14-27)32-24(33-25)17-6-7-35-21(8-17)19-11-29-34(12-19)20-4-5-20/h11-12,17-18,20-21H,4-10,13-14H2,1-3H3/t17-,18?,21+,26?,27?/m1/s1. The van der Waals surface area contributed by atoms with Gasteiger partial charge in [0.1, 0.15) is 17.0 Å². The van der Waals surface area contributed by atoms with Gasteiger partial charge in [-0.05, 0) is 77.6 Å². The second-order valence-electron chi connectivity index (χ2n) is 12.0. The molecule has 1 aliphatic heterocycles. The van der Waals surface area contributed by atoms with Gasteiger partial charge < -0.3 is 4.74 Å². The summed E-state index contributed by atoms with van der Waals surface area (Å²) in [6, 6.07) is 0.566. The van der Waals surface area contributed by atoms with Gasteiger partial charge in [0, 0.05) is 30.2 Å². The normalized spacial score (nSPS) is 34.7. The summed E-state index contributed by atoms with van der Waals surface area (Å²) >= 11 is 0. The van der Waals surface area contributed by atoms with Gasteiger partial charge >= 0.3 is 0 Å². The van der Waals surface area contributed by atoms with E-state index in [0.717, 1.165) is 59.7 Å². The topological polar surface area (TPSA) is 78.6 Å². The number of aryl methyl sites for hydroxylation is 2. The number of nitrogens with zero attached hydrogens (tertiary/aromatic N) is 6. The predicted octanol–water partition coefficient (Wildman–Crippen LogP) is 5.59. The Morgan fingerprint density at radius 3 is 2.51 bits per heavy atom. The van der Waals surface area contributed by atoms with Gasteiger partial charge in [-0.25, -0.2) is 24.3 Å². The smallest absolute Gasteiger partial charge is 0.182 e. The van der Waals surface area contributed by atoms with Gasteiger partial charge in [0.25, 0.3) is 0 Å². The molecule has 2 atom stereocenters. The van der Waals surface area contributed by atoms with Crippen LogP contribution in [0.15, 0.2) is 12.4 Å². The molecule has 3 aromatic heterocycles. The van der Waals surface area contributed by atoms with Crippen molar-refractivity contribution in [2.45, 2.75) is 102 Å². The third-order valence-electron chi connectivity index (χ3n) is 8.78. The van der Waals surface area contributed by atoms with E-state index < -0.39 is 5.67 Å². The molecule has 7 rings (SSSR count). The van der Waals surface area contributed by atoms with Gasteiger partial charge in [0.15, 0.2) is 5.65 Å². The van der Waals surface area contributed by atoms with Crippen LogP contribution in [-0.4, -0.2) is 42.0 Å². The molecule has 184 valence electrons. The van der Waals surface area contributed by atoms with Crippen molar-refractivity contribution < 1.29 is 9.13 Å². The number of fused-ring (bicyclic) bond motifs is 1. The molecule has 4 aliphatic rings. The van der Waals surface area contributed by atoms with E-state index in [1.807, 2.05) is 20.0 Å². The molecule has 4 heterocycles. The largest absolute Gasteiger partial charge is 0.373 e. The van der Waals surface area contributed by atoms with E-state index in [9.17, 15) is 4.39 Å². The second-order valence-corrected chi connectivity index (χ2v) is 12.0. The molecule has 0 unspecified atom stereocenters. The highest BCUT2D eigenvalue weighted by Crippen LogP contribution is 2.66. The summed E-state index contributed by atoms with van der Waals surface area (Å²) in [7, 11) is 0. The molecule has 7 nitrogen and oxygen atoms in total. The molecular formula is C27H33FN6O. The minimum Gasteiger partial charge on any atom is -0.373 e. The van der Waals surface area contributed by atoms with Crippen LogP contribution >= 0.6 is 0 Å². The first-order valence-corrected chi connectivity index (χ1v) is 13.1. The van der Waals surface area contributed by atoms with Crippen LogP contribution in [0.2, 0.25) is 0 Å². The third-order valence-corrected chi connectivity index (χ3v) is 8.78. The van der Waals surface area contributed by atoms with Crippen LogP contribution < -0.4 is 0 Å². The maximum Gasteiger partial charge on any atom is 0.182 e. The number of aromatic nitrogens is 6. The highest BCUT2D eigenvalue weighted by molar-refractivity contribution is 5.74. The zero-order chi connectivity index (χ0) is 23.9. The average molecular weight is 477 g/mol. The molecule has 35 heavy (non-hydrogen) atoms. The zero-order valence-electron chi connectivity index (χ0n) is 20.8. The Morgan fingerprint density at radius 1 is 1.00 bits per heavy atom. The van der Waals surface area contributed by atoms with Crippen molar-refractivity contribution in [2.75, 3.05) is 6.61 Å². The average Bonchev–Trinajstić information content (AvgIpc) is 3.52. The van der Waals surface area contributed by atoms with Crippen molar-refractivity contribution in [3.63, 3.8) is 0 Å². The van der Waals surface area contributed by atoms with Crippen molar-refractivity contribution in [3.8, 4) is 0 Å². The van der Waals surface area contributed by atoms with Crippen LogP contribution in [0.4, 0.5) is 4.39 Å². The Hall–Kier alpha value is -2.48. The Morgan fingerprint density at radius 2 is 1.77 bits per heavy atom. The monoisotopic (exact) mass is 476 g/mol. The fourth-order valence-corrected chi connectivity index (χ4v) is 6.92. The van der Waals surface area contributed by atoms with E-state index in [4.69, 9.17) is 24.7 Å². The molecule has 1 saturated heterocycles. The van der Waals surface area contributed by atoms with Crippen LogP contribution in [-0.2, 0) is 4.74 Å². The van der Waals surface area contributed by atoms with E-state index in [1.54, 1.807) is 6.92 Å². The molecule has 0 aromatic carbocycles. The van der Waals surface area contributed by atoms with Gasteiger partial charge in [-0.1, -0.05) is 0 Å². The maximum atomic E-state index is 14.3. The summed E-state index contributed by atoms with van der Waals surface area (Å²) in [5.74, 6) is 1.37. The molecule has 1 spiro atoms. The Bertz CT molecular complexity index is 1300. The highest BCUT2D eigenvalue weighted by Gasteiger charge is 2.59. The lowest BCUT2D eigenvalue weighted by Gasteiger charge is -2.59. The van der Waals surface area contributed by atoms with Gasteiger partial charge in [-0.15, -0.1) is 0 Å². The molecular weight excluding hydrogens is 443 g/mol. The summed E-state index contributed by atoms with van der Waals surface area (Å²) in [6.45, 7) is 6.39. The van der Waals surface area contributed by atoms with Crippen molar-refractivity contribution in [3.05, 3.63) is 40.9 Å². The fourth-order valence-electron chi connectivity index (χ4n) is 6.92. The predicted molar refractivity (Wildman–Crippen MR) is 129 cm³/mol. The van der Waals surface area contributed by atoms with Crippen molar-refractivity contribution in [1.82, 2.24) is 29.7 Å². The van der Waals surface area contributed by atoms with Crippen LogP contribution in [0, 0.1) is 19.3 Å². The SMILES string of the molecule is Cc1nc2nc([C@@H]3CCO[C@H](c4cnn(C5CC5)c4)C3)nc(C3CC4(C3)CC(C)(F)C4)c2nc1C. The van der Waals surface area contributed by atoms with E-state index in [1.165, 1.54) is 12.8 Å². The van der Waals surface area contributed by atoms with E-state index >= 15 is 0 Å². The van der Waals surface area contributed by atoms with Crippen LogP contribution in [0.5, 0.6) is 0 Å². The minimum absolute atomic E-state index is 0.0130. The Labute approximate surface area is 204 Å². The number of alkyl halides is 1. The molecule has 8 heteroatoms. The lowest BCUT2D eigenvalue weighted by atomic mass is 9.47. The van der Waals surface area contributed by atoms with Crippen LogP contribution in [0.1, 0.15) is 111 Å². The van der Waals surface area contributed by atoms with Gasteiger partial charge in [0.2, 0.25) is 0 Å². The molecule has 4 fully saturated rings. The Kier molecular flexibility index (Phi) is 4.67. The van der Waals surface area contributed by atoms with E-state index in [-0.39, 0.29) is 17.4 Å². The van der Waals surface area contributed by atoms with Crippen LogP contribution in [0.25, 0.3) is 11.2 Å². The van der Waals surface area contributed by atoms with Crippen molar-refractivity contribution >= 4 is 11.2 Å². The first-order valence-electron chi connectivity index (χ1n) is 13.1. The van der Waals surface area contributed by atoms with E-state index in [2.05, 4.69) is 16.0 Å². The molecule has 0 N–H and O–H groups in total. The summed E-state index contributed by atoms with van der Waals surface area (Å²) in [6.07, 6.45) is 11.6. The first-order chi connectivity index (χ1) is 16.8. The lowest BCUT2D eigenvalue weighted by molar-refractivity contribution is -0.114. The summed E-state index contributed by atoms with van der Waals surface area (Å²) in [5, 5.41) is 4.56. The molecule has 3 saturated carbocycles. The number of hydrogen-bond acceptors (Lipinski definition) is 6. The zero-order valence-corrected chi connectivity index (χ0v) is 20.8. The fraction of sp³-hybridized carbons (Fsp3) is 0.667. The molecule has 0 bridgehead atoms. The van der Waals surface area contributed by atoms with Gasteiger partial charge in [-0.2, -0.15) is 5.10 Å². The molecule has 0 radical (unpaired) electrons. The maximum absolute atomic E-state index is 14.3. The van der Waals surface area contributed by atoms with Gasteiger partial charge in [0.05, 0.1) is 35.4 Å². The molecule has 3 aromatic rings. The molecule has 0 amide bonds. The van der Waals surface area contributed by atoms with Crippen molar-refractivity contribution in [1.29, 1.82) is 0 Å². The van der Waals surface area contributed by atoms with Crippen LogP contribution in [0.3, 0.4) is 0 Å². The third kappa shape index (κ3) is 3.76. The number of ether oxygens (including phenoxy) is 1. The number of hydrogen-bond donors (Lipinski definition) is 0. The quantitative estimate of drug-likeness (QED) is 0.488. The van der Waals surface area contributed by atoms with Crippen molar-refractivity contribution in [2.24, 2.45) is 5.41 Å². The number of rotatable bonds is 4. The molecule has 3 aliphatic carbocycles. The summed E-state index contributed by atoms with van der Waals surface area (Å²) in [4.78, 5) is 19.8. The minimum atomic E-state index is -0.998. The number of halogens is 1. The summed E-state index contributed by atoms with van der Waals surface area (Å²) in [5.41, 5.74) is 4.67. The van der Waals surface area contributed by atoms with Gasteiger partial charge in [-0.3, -0.25) is 4.68 Å². The highest BCUT2D eigenvalue weighted by atomic mass is 19.1.